The van der Waals surface area contributed by atoms with E-state index in [1.807, 2.05) is 19.9 Å². The van der Waals surface area contributed by atoms with Crippen molar-refractivity contribution in [1.82, 2.24) is 14.9 Å². The summed E-state index contributed by atoms with van der Waals surface area (Å²) in [5.74, 6) is -1.84. The minimum atomic E-state index is -1.78. The maximum absolute atomic E-state index is 14.3. The summed E-state index contributed by atoms with van der Waals surface area (Å²) in [5, 5.41) is 3.16. The van der Waals surface area contributed by atoms with Crippen LogP contribution in [0, 0.1) is 0 Å². The first-order chi connectivity index (χ1) is 16.2. The van der Waals surface area contributed by atoms with E-state index in [0.717, 1.165) is 0 Å². The third kappa shape index (κ3) is 3.64. The van der Waals surface area contributed by atoms with Gasteiger partial charge >= 0.3 is 6.09 Å². The van der Waals surface area contributed by atoms with Crippen LogP contribution in [0.2, 0.25) is 5.02 Å². The van der Waals surface area contributed by atoms with Crippen molar-refractivity contribution in [3.63, 3.8) is 0 Å². The Morgan fingerprint density at radius 2 is 1.85 bits per heavy atom. The van der Waals surface area contributed by atoms with Gasteiger partial charge in [-0.1, -0.05) is 48.0 Å². The number of methoxy groups -OCH3 is 1. The fraction of sp³-hybridized carbons (Fsp3) is 0.280. The van der Waals surface area contributed by atoms with E-state index < -0.39 is 29.2 Å². The molecule has 2 amide bonds. The standard InChI is InChI=1S/C25H25ClN4O4/c1-15(2)30-13-12-27-22(30)21(31)20(16-8-6-5-7-9-16)25(28-24(33)34-4)18-11-10-17(26)14-19(18)29(3)23(25)32/h5-15,20H,1-4H3,(H,28,33)/t20-,25-/m0/s1. The normalized spacial score (nSPS) is 18.1. The van der Waals surface area contributed by atoms with Gasteiger partial charge in [0.25, 0.3) is 5.91 Å². The number of amides is 2. The average molecular weight is 481 g/mol. The summed E-state index contributed by atoms with van der Waals surface area (Å²) in [7, 11) is 2.79. The van der Waals surface area contributed by atoms with Crippen LogP contribution in [-0.4, -0.2) is 41.5 Å². The van der Waals surface area contributed by atoms with E-state index in [9.17, 15) is 14.4 Å². The molecule has 1 aliphatic rings. The molecule has 1 aromatic heterocycles. The Labute approximate surface area is 202 Å². The van der Waals surface area contributed by atoms with E-state index >= 15 is 0 Å². The van der Waals surface area contributed by atoms with Crippen LogP contribution < -0.4 is 10.2 Å². The monoisotopic (exact) mass is 480 g/mol. The summed E-state index contributed by atoms with van der Waals surface area (Å²) in [6.45, 7) is 3.87. The molecule has 0 saturated carbocycles. The summed E-state index contributed by atoms with van der Waals surface area (Å²) in [5.41, 5.74) is -0.296. The first-order valence-electron chi connectivity index (χ1n) is 10.8. The molecule has 2 heterocycles. The molecular formula is C25H25ClN4O4. The Hall–Kier alpha value is -3.65. The van der Waals surface area contributed by atoms with E-state index in [1.165, 1.54) is 12.0 Å². The molecule has 0 saturated heterocycles. The van der Waals surface area contributed by atoms with E-state index in [-0.39, 0.29) is 11.9 Å². The zero-order valence-electron chi connectivity index (χ0n) is 19.3. The smallest absolute Gasteiger partial charge is 0.408 e. The van der Waals surface area contributed by atoms with Gasteiger partial charge in [-0.2, -0.15) is 0 Å². The molecule has 9 heteroatoms. The number of nitrogens with one attached hydrogen (secondary N) is 1. The zero-order chi connectivity index (χ0) is 24.6. The van der Waals surface area contributed by atoms with E-state index in [0.29, 0.717) is 21.8 Å². The number of ketones is 1. The maximum atomic E-state index is 14.3. The molecule has 8 nitrogen and oxygen atoms in total. The number of hydrogen-bond donors (Lipinski definition) is 1. The highest BCUT2D eigenvalue weighted by Crippen LogP contribution is 2.49. The van der Waals surface area contributed by atoms with Gasteiger partial charge in [0.1, 0.15) is 0 Å². The Morgan fingerprint density at radius 3 is 2.50 bits per heavy atom. The Kier molecular flexibility index (Phi) is 6.18. The molecule has 0 aliphatic carbocycles. The number of anilines is 1. The lowest BCUT2D eigenvalue weighted by molar-refractivity contribution is -0.124. The van der Waals surface area contributed by atoms with Gasteiger partial charge in [-0.05, 0) is 31.5 Å². The van der Waals surface area contributed by atoms with Crippen LogP contribution in [0.4, 0.5) is 10.5 Å². The first kappa shape index (κ1) is 23.5. The van der Waals surface area contributed by atoms with Crippen LogP contribution in [0.25, 0.3) is 0 Å². The summed E-state index contributed by atoms with van der Waals surface area (Å²) in [4.78, 5) is 46.6. The lowest BCUT2D eigenvalue weighted by Crippen LogP contribution is -2.58. The van der Waals surface area contributed by atoms with Crippen molar-refractivity contribution < 1.29 is 19.1 Å². The molecule has 0 radical (unpaired) electrons. The second kappa shape index (κ2) is 8.95. The maximum Gasteiger partial charge on any atom is 0.408 e. The van der Waals surface area contributed by atoms with Crippen LogP contribution >= 0.6 is 11.6 Å². The number of halogens is 1. The molecule has 34 heavy (non-hydrogen) atoms. The van der Waals surface area contributed by atoms with Crippen LogP contribution in [0.1, 0.15) is 47.6 Å². The average Bonchev–Trinajstić information content (AvgIpc) is 3.39. The molecular weight excluding hydrogens is 456 g/mol. The topological polar surface area (TPSA) is 93.5 Å². The number of imidazole rings is 1. The van der Waals surface area contributed by atoms with Gasteiger partial charge < -0.3 is 19.5 Å². The lowest BCUT2D eigenvalue weighted by atomic mass is 9.72. The Morgan fingerprint density at radius 1 is 1.15 bits per heavy atom. The number of aromatic nitrogens is 2. The van der Waals surface area contributed by atoms with Crippen molar-refractivity contribution in [2.24, 2.45) is 0 Å². The number of fused-ring (bicyclic) bond motifs is 1. The van der Waals surface area contributed by atoms with E-state index in [1.54, 1.807) is 66.5 Å². The van der Waals surface area contributed by atoms with Crippen molar-refractivity contribution >= 4 is 35.1 Å². The zero-order valence-corrected chi connectivity index (χ0v) is 20.0. The molecule has 176 valence electrons. The van der Waals surface area contributed by atoms with Crippen molar-refractivity contribution in [3.8, 4) is 0 Å². The predicted octanol–water partition coefficient (Wildman–Crippen LogP) is 4.31. The molecule has 4 rings (SSSR count). The quantitative estimate of drug-likeness (QED) is 0.530. The number of alkyl carbamates (subject to hydrolysis) is 1. The molecule has 3 aromatic rings. The van der Waals surface area contributed by atoms with Gasteiger partial charge in [0.2, 0.25) is 5.78 Å². The van der Waals surface area contributed by atoms with Crippen LogP contribution in [-0.2, 0) is 15.1 Å². The number of Topliss-reactive ketones (excluding diaryl/α,β-unsaturated/α-hetero) is 1. The minimum absolute atomic E-state index is 0.0459. The largest absolute Gasteiger partial charge is 0.453 e. The van der Waals surface area contributed by atoms with Gasteiger partial charge in [0.05, 0.1) is 18.7 Å². The number of carbonyl (C=O) groups is 3. The molecule has 0 spiro atoms. The first-order valence-corrected chi connectivity index (χ1v) is 11.2. The number of rotatable bonds is 6. The minimum Gasteiger partial charge on any atom is -0.453 e. The van der Waals surface area contributed by atoms with Crippen LogP contribution in [0.3, 0.4) is 0 Å². The number of nitrogens with zero attached hydrogens (tertiary/aromatic N) is 3. The number of hydrogen-bond acceptors (Lipinski definition) is 5. The SMILES string of the molecule is COC(=O)N[C@@]1([C@H](C(=O)c2nccn2C(C)C)c2ccccc2)C(=O)N(C)c2cc(Cl)ccc21. The fourth-order valence-corrected chi connectivity index (χ4v) is 4.75. The highest BCUT2D eigenvalue weighted by molar-refractivity contribution is 6.31. The molecule has 0 fully saturated rings. The molecule has 1 aliphatic heterocycles. The van der Waals surface area contributed by atoms with E-state index in [4.69, 9.17) is 16.3 Å². The third-order valence-corrected chi connectivity index (χ3v) is 6.38. The summed E-state index contributed by atoms with van der Waals surface area (Å²) in [6, 6.07) is 13.8. The number of carbonyl (C=O) groups excluding carboxylic acids is 3. The number of benzene rings is 2. The third-order valence-electron chi connectivity index (χ3n) is 6.15. The van der Waals surface area contributed by atoms with Crippen molar-refractivity contribution in [1.29, 1.82) is 0 Å². The molecule has 2 aromatic carbocycles. The Bertz CT molecular complexity index is 1260. The Balaban J connectivity index is 2.04. The number of likely N-dealkylation sites (N-methyl/N-ethyl adjacent to an activating group) is 1. The molecule has 0 unspecified atom stereocenters. The predicted molar refractivity (Wildman–Crippen MR) is 128 cm³/mol. The van der Waals surface area contributed by atoms with E-state index in [2.05, 4.69) is 10.3 Å². The van der Waals surface area contributed by atoms with Crippen molar-refractivity contribution in [3.05, 3.63) is 82.9 Å². The van der Waals surface area contributed by atoms with Gasteiger partial charge in [-0.3, -0.25) is 9.59 Å². The lowest BCUT2D eigenvalue weighted by Gasteiger charge is -2.36. The van der Waals surface area contributed by atoms with Gasteiger partial charge in [0.15, 0.2) is 11.4 Å². The molecule has 0 bridgehead atoms. The van der Waals surface area contributed by atoms with Gasteiger partial charge in [0, 0.05) is 36.1 Å². The second-order valence-electron chi connectivity index (χ2n) is 8.41. The van der Waals surface area contributed by atoms with Gasteiger partial charge in [-0.15, -0.1) is 0 Å². The summed E-state index contributed by atoms with van der Waals surface area (Å²) >= 11 is 6.23. The van der Waals surface area contributed by atoms with Crippen molar-refractivity contribution in [2.75, 3.05) is 19.1 Å². The molecule has 1 N–H and O–H groups in total. The molecule has 2 atom stereocenters. The summed E-state index contributed by atoms with van der Waals surface area (Å²) < 4.78 is 6.65. The highest BCUT2D eigenvalue weighted by atomic mass is 35.5. The highest BCUT2D eigenvalue weighted by Gasteiger charge is 2.59. The second-order valence-corrected chi connectivity index (χ2v) is 8.85. The number of ether oxygens (including phenoxy) is 1. The van der Waals surface area contributed by atoms with Gasteiger partial charge in [-0.25, -0.2) is 9.78 Å². The fourth-order valence-electron chi connectivity index (χ4n) is 4.58. The van der Waals surface area contributed by atoms with Crippen LogP contribution in [0.15, 0.2) is 60.9 Å². The van der Waals surface area contributed by atoms with Crippen LogP contribution in [0.5, 0.6) is 0 Å². The van der Waals surface area contributed by atoms with Crippen molar-refractivity contribution in [2.45, 2.75) is 31.3 Å². The summed E-state index contributed by atoms with van der Waals surface area (Å²) in [6.07, 6.45) is 2.42.